The highest BCUT2D eigenvalue weighted by molar-refractivity contribution is 7.87. The van der Waals surface area contributed by atoms with Gasteiger partial charge in [0.15, 0.2) is 0 Å². The maximum absolute atomic E-state index is 11.8. The van der Waals surface area contributed by atoms with Crippen LogP contribution in [0.25, 0.3) is 0 Å². The molecule has 15 heavy (non-hydrogen) atoms. The van der Waals surface area contributed by atoms with Crippen molar-refractivity contribution in [2.75, 3.05) is 6.61 Å². The minimum Gasteiger partial charge on any atom is -0.351 e. The third-order valence-electron chi connectivity index (χ3n) is 1.79. The monoisotopic (exact) mass is 247 g/mol. The van der Waals surface area contributed by atoms with Gasteiger partial charge < -0.3 is 5.32 Å². The highest BCUT2D eigenvalue weighted by Gasteiger charge is 2.47. The zero-order chi connectivity index (χ0) is 11.7. The Morgan fingerprint density at radius 3 is 2.47 bits per heavy atom. The van der Waals surface area contributed by atoms with E-state index in [0.29, 0.717) is 0 Å². The van der Waals surface area contributed by atoms with Crippen LogP contribution >= 0.6 is 0 Å². The van der Waals surface area contributed by atoms with Gasteiger partial charge in [-0.05, 0) is 6.42 Å². The lowest BCUT2D eigenvalue weighted by atomic mass is 10.2. The van der Waals surface area contributed by atoms with Crippen molar-refractivity contribution in [2.45, 2.75) is 24.4 Å². The number of amides is 1. The minimum absolute atomic E-state index is 0.167. The Kier molecular flexibility index (Phi) is 3.24. The van der Waals surface area contributed by atoms with Gasteiger partial charge in [-0.2, -0.15) is 21.6 Å². The van der Waals surface area contributed by atoms with Crippen molar-refractivity contribution >= 4 is 16.0 Å². The number of rotatable bonds is 3. The number of hydrogen-bond acceptors (Lipinski definition) is 4. The number of alkyl halides is 3. The second kappa shape index (κ2) is 3.97. The van der Waals surface area contributed by atoms with Crippen LogP contribution in [0.3, 0.4) is 0 Å². The molecule has 0 radical (unpaired) electrons. The zero-order valence-electron chi connectivity index (χ0n) is 7.37. The Morgan fingerprint density at radius 2 is 2.07 bits per heavy atom. The van der Waals surface area contributed by atoms with E-state index in [-0.39, 0.29) is 18.7 Å². The molecule has 1 aliphatic heterocycles. The largest absolute Gasteiger partial charge is 0.523 e. The van der Waals surface area contributed by atoms with Gasteiger partial charge in [-0.3, -0.25) is 8.98 Å². The molecule has 1 unspecified atom stereocenters. The fraction of sp³-hybridized carbons (Fsp3) is 0.833. The van der Waals surface area contributed by atoms with Crippen LogP contribution in [0.1, 0.15) is 12.8 Å². The molecule has 0 saturated carbocycles. The summed E-state index contributed by atoms with van der Waals surface area (Å²) in [5, 5.41) is 2.28. The summed E-state index contributed by atoms with van der Waals surface area (Å²) in [7, 11) is -5.55. The molecule has 88 valence electrons. The molecule has 1 saturated heterocycles. The third-order valence-corrected chi connectivity index (χ3v) is 2.81. The quantitative estimate of drug-likeness (QED) is 0.568. The molecular weight excluding hydrogens is 239 g/mol. The summed E-state index contributed by atoms with van der Waals surface area (Å²) in [6.07, 6.45) is 0.437. The fourth-order valence-corrected chi connectivity index (χ4v) is 1.52. The summed E-state index contributed by atoms with van der Waals surface area (Å²) in [4.78, 5) is 10.6. The topological polar surface area (TPSA) is 72.5 Å². The molecule has 0 aliphatic carbocycles. The van der Waals surface area contributed by atoms with Crippen LogP contribution in [-0.2, 0) is 19.1 Å². The van der Waals surface area contributed by atoms with E-state index in [1.807, 2.05) is 0 Å². The molecule has 5 nitrogen and oxygen atoms in total. The molecule has 1 N–H and O–H groups in total. The molecule has 1 amide bonds. The van der Waals surface area contributed by atoms with Gasteiger partial charge in [-0.1, -0.05) is 0 Å². The van der Waals surface area contributed by atoms with E-state index in [1.165, 1.54) is 0 Å². The van der Waals surface area contributed by atoms with Gasteiger partial charge in [0.2, 0.25) is 5.91 Å². The highest BCUT2D eigenvalue weighted by atomic mass is 32.2. The second-order valence-corrected chi connectivity index (χ2v) is 4.59. The third kappa shape index (κ3) is 3.06. The summed E-state index contributed by atoms with van der Waals surface area (Å²) in [5.74, 6) is -0.326. The first-order chi connectivity index (χ1) is 6.72. The average molecular weight is 247 g/mol. The van der Waals surface area contributed by atoms with Gasteiger partial charge in [-0.25, -0.2) is 0 Å². The Balaban J connectivity index is 2.47. The SMILES string of the molecule is O=C1CCC(COS(=O)(=O)C(F)(F)F)N1. The summed E-state index contributed by atoms with van der Waals surface area (Å²) in [5.41, 5.74) is -5.42. The summed E-state index contributed by atoms with van der Waals surface area (Å²) < 4.78 is 60.0. The minimum atomic E-state index is -5.55. The van der Waals surface area contributed by atoms with Crippen molar-refractivity contribution in [3.8, 4) is 0 Å². The molecule has 1 fully saturated rings. The maximum atomic E-state index is 11.8. The maximum Gasteiger partial charge on any atom is 0.523 e. The normalized spacial score (nSPS) is 22.9. The molecule has 0 aromatic carbocycles. The predicted octanol–water partition coefficient (Wildman–Crippen LogP) is 0.131. The van der Waals surface area contributed by atoms with Crippen LogP contribution in [0.5, 0.6) is 0 Å². The fourth-order valence-electron chi connectivity index (χ4n) is 1.04. The lowest BCUT2D eigenvalue weighted by molar-refractivity contribution is -0.119. The summed E-state index contributed by atoms with van der Waals surface area (Å²) in [6, 6.07) is -0.672. The van der Waals surface area contributed by atoms with Gasteiger partial charge in [0.05, 0.1) is 12.6 Å². The molecule has 0 aromatic rings. The predicted molar refractivity (Wildman–Crippen MR) is 42.1 cm³/mol. The van der Waals surface area contributed by atoms with Crippen LogP contribution < -0.4 is 5.32 Å². The van der Waals surface area contributed by atoms with E-state index in [9.17, 15) is 26.4 Å². The number of carbonyl (C=O) groups excluding carboxylic acids is 1. The molecule has 0 aromatic heterocycles. The number of nitrogens with one attached hydrogen (secondary N) is 1. The number of carbonyl (C=O) groups is 1. The lowest BCUT2D eigenvalue weighted by Gasteiger charge is -2.11. The van der Waals surface area contributed by atoms with Crippen LogP contribution in [0, 0.1) is 0 Å². The molecule has 1 rings (SSSR count). The van der Waals surface area contributed by atoms with Crippen LogP contribution in [0.15, 0.2) is 0 Å². The van der Waals surface area contributed by atoms with E-state index >= 15 is 0 Å². The van der Waals surface area contributed by atoms with Crippen molar-refractivity contribution < 1.29 is 30.6 Å². The van der Waals surface area contributed by atoms with Gasteiger partial charge in [0, 0.05) is 6.42 Å². The van der Waals surface area contributed by atoms with Crippen LogP contribution in [0.2, 0.25) is 0 Å². The van der Waals surface area contributed by atoms with Gasteiger partial charge in [-0.15, -0.1) is 0 Å². The van der Waals surface area contributed by atoms with Gasteiger partial charge in [0.25, 0.3) is 0 Å². The van der Waals surface area contributed by atoms with Crippen molar-refractivity contribution in [1.82, 2.24) is 5.32 Å². The van der Waals surface area contributed by atoms with E-state index in [2.05, 4.69) is 9.50 Å². The smallest absolute Gasteiger partial charge is 0.351 e. The van der Waals surface area contributed by atoms with E-state index in [1.54, 1.807) is 0 Å². The standard InChI is InChI=1S/C6H8F3NO4S/c7-6(8,9)15(12,13)14-3-4-1-2-5(11)10-4/h4H,1-3H2,(H,10,11). The van der Waals surface area contributed by atoms with Crippen molar-refractivity contribution in [3.05, 3.63) is 0 Å². The Morgan fingerprint density at radius 1 is 1.47 bits per heavy atom. The first-order valence-corrected chi connectivity index (χ1v) is 5.38. The van der Waals surface area contributed by atoms with Crippen LogP contribution in [0.4, 0.5) is 13.2 Å². The zero-order valence-corrected chi connectivity index (χ0v) is 8.19. The Bertz CT molecular complexity index is 350. The van der Waals surface area contributed by atoms with Gasteiger partial charge >= 0.3 is 15.6 Å². The van der Waals surface area contributed by atoms with E-state index in [0.717, 1.165) is 0 Å². The van der Waals surface area contributed by atoms with Crippen molar-refractivity contribution in [2.24, 2.45) is 0 Å². The summed E-state index contributed by atoms with van der Waals surface area (Å²) >= 11 is 0. The number of halogens is 3. The average Bonchev–Trinajstić information content (AvgIpc) is 2.46. The first kappa shape index (κ1) is 12.2. The van der Waals surface area contributed by atoms with E-state index in [4.69, 9.17) is 0 Å². The van der Waals surface area contributed by atoms with Crippen molar-refractivity contribution in [3.63, 3.8) is 0 Å². The Labute approximate surface area is 83.7 Å². The first-order valence-electron chi connectivity index (χ1n) is 3.97. The molecule has 1 atom stereocenters. The molecule has 1 aliphatic rings. The summed E-state index contributed by atoms with van der Waals surface area (Å²) in [6.45, 7) is -0.687. The highest BCUT2D eigenvalue weighted by Crippen LogP contribution is 2.25. The molecule has 1 heterocycles. The van der Waals surface area contributed by atoms with E-state index < -0.39 is 28.3 Å². The Hall–Kier alpha value is -0.830. The molecule has 0 bridgehead atoms. The molecular formula is C6H8F3NO4S. The second-order valence-electron chi connectivity index (χ2n) is 2.99. The molecule has 0 spiro atoms. The molecule has 9 heteroatoms. The lowest BCUT2D eigenvalue weighted by Crippen LogP contribution is -2.34. The van der Waals surface area contributed by atoms with Crippen LogP contribution in [-0.4, -0.2) is 32.5 Å². The van der Waals surface area contributed by atoms with Gasteiger partial charge in [0.1, 0.15) is 0 Å². The number of hydrogen-bond donors (Lipinski definition) is 1. The van der Waals surface area contributed by atoms with Crippen molar-refractivity contribution in [1.29, 1.82) is 0 Å².